The molecule has 1 aliphatic carbocycles. The summed E-state index contributed by atoms with van der Waals surface area (Å²) in [6.45, 7) is 2.52. The zero-order valence-electron chi connectivity index (χ0n) is 14.1. The minimum atomic E-state index is -0.0268. The van der Waals surface area contributed by atoms with Gasteiger partial charge in [0.15, 0.2) is 5.76 Å². The van der Waals surface area contributed by atoms with Gasteiger partial charge in [-0.05, 0) is 42.9 Å². The first-order chi connectivity index (χ1) is 12.2. The molecule has 5 nitrogen and oxygen atoms in total. The number of rotatable bonds is 6. The monoisotopic (exact) mass is 336 g/mol. The lowest BCUT2D eigenvalue weighted by molar-refractivity contribution is -0.120. The Morgan fingerprint density at radius 3 is 2.84 bits per heavy atom. The molecule has 2 heterocycles. The molecule has 25 heavy (non-hydrogen) atoms. The highest BCUT2D eigenvalue weighted by Gasteiger charge is 2.38. The smallest absolute Gasteiger partial charge is 0.263 e. The predicted molar refractivity (Wildman–Crippen MR) is 92.9 cm³/mol. The molecule has 1 aromatic carbocycles. The largest absolute Gasteiger partial charge is 0.459 e. The Bertz CT molecular complexity index is 852. The third-order valence-corrected chi connectivity index (χ3v) is 4.66. The van der Waals surface area contributed by atoms with Crippen LogP contribution >= 0.6 is 0 Å². The van der Waals surface area contributed by atoms with Crippen molar-refractivity contribution < 1.29 is 13.6 Å². The summed E-state index contributed by atoms with van der Waals surface area (Å²) in [5.41, 5.74) is 2.01. The van der Waals surface area contributed by atoms with Gasteiger partial charge in [0, 0.05) is 6.54 Å². The van der Waals surface area contributed by atoms with Gasteiger partial charge in [-0.1, -0.05) is 30.3 Å². The molecule has 1 fully saturated rings. The molecule has 2 atom stereocenters. The molecule has 4 rings (SSSR count). The Hall–Kier alpha value is -2.82. The second-order valence-corrected chi connectivity index (χ2v) is 6.49. The molecule has 0 unspecified atom stereocenters. The molecule has 5 heteroatoms. The van der Waals surface area contributed by atoms with Gasteiger partial charge >= 0.3 is 0 Å². The maximum absolute atomic E-state index is 12.2. The van der Waals surface area contributed by atoms with Crippen LogP contribution in [-0.4, -0.2) is 17.4 Å². The molecule has 128 valence electrons. The second-order valence-electron chi connectivity index (χ2n) is 6.49. The predicted octanol–water partition coefficient (Wildman–Crippen LogP) is 3.71. The number of carbonyl (C=O) groups excluding carboxylic acids is 1. The van der Waals surface area contributed by atoms with E-state index in [0.29, 0.717) is 41.5 Å². The summed E-state index contributed by atoms with van der Waals surface area (Å²) < 4.78 is 10.9. The third kappa shape index (κ3) is 3.50. The van der Waals surface area contributed by atoms with Gasteiger partial charge in [0.2, 0.25) is 5.91 Å². The van der Waals surface area contributed by atoms with E-state index >= 15 is 0 Å². The minimum Gasteiger partial charge on any atom is -0.459 e. The quantitative estimate of drug-likeness (QED) is 0.745. The molecule has 3 aromatic rings. The molecule has 0 aliphatic heterocycles. The fraction of sp³-hybridized carbons (Fsp3) is 0.300. The van der Waals surface area contributed by atoms with Crippen molar-refractivity contribution in [3.63, 3.8) is 0 Å². The summed E-state index contributed by atoms with van der Waals surface area (Å²) in [4.78, 5) is 16.6. The van der Waals surface area contributed by atoms with E-state index in [4.69, 9.17) is 8.83 Å². The van der Waals surface area contributed by atoms with E-state index in [9.17, 15) is 4.79 Å². The Morgan fingerprint density at radius 2 is 2.08 bits per heavy atom. The summed E-state index contributed by atoms with van der Waals surface area (Å²) in [6.07, 6.45) is 2.93. The number of nitrogens with one attached hydrogen (secondary N) is 1. The van der Waals surface area contributed by atoms with Gasteiger partial charge in [0.1, 0.15) is 5.76 Å². The number of benzene rings is 1. The maximum atomic E-state index is 12.2. The Kier molecular flexibility index (Phi) is 4.14. The van der Waals surface area contributed by atoms with Crippen molar-refractivity contribution in [1.82, 2.24) is 10.3 Å². The lowest BCUT2D eigenvalue weighted by Crippen LogP contribution is -2.27. The Morgan fingerprint density at radius 1 is 1.24 bits per heavy atom. The standard InChI is InChI=1S/C20H20N2O3/c1-13-17(22-20(25-13)18-8-5-9-24-18)11-19(23)21-12-15-10-16(15)14-6-3-2-4-7-14/h2-9,15-16H,10-12H2,1H3,(H,21,23)/t15-,16-/m1/s1. The van der Waals surface area contributed by atoms with Gasteiger partial charge in [-0.15, -0.1) is 0 Å². The Balaban J connectivity index is 1.30. The van der Waals surface area contributed by atoms with Crippen LogP contribution < -0.4 is 5.32 Å². The number of amides is 1. The molecule has 0 bridgehead atoms. The first-order valence-electron chi connectivity index (χ1n) is 8.52. The zero-order valence-corrected chi connectivity index (χ0v) is 14.1. The van der Waals surface area contributed by atoms with E-state index in [1.165, 1.54) is 5.56 Å². The number of hydrogen-bond acceptors (Lipinski definition) is 4. The van der Waals surface area contributed by atoms with Crippen LogP contribution in [0, 0.1) is 12.8 Å². The summed E-state index contributed by atoms with van der Waals surface area (Å²) in [7, 11) is 0. The third-order valence-electron chi connectivity index (χ3n) is 4.66. The molecule has 0 saturated heterocycles. The fourth-order valence-electron chi connectivity index (χ4n) is 3.14. The van der Waals surface area contributed by atoms with Crippen molar-refractivity contribution in [2.45, 2.75) is 25.7 Å². The van der Waals surface area contributed by atoms with Crippen LogP contribution in [0.15, 0.2) is 57.6 Å². The van der Waals surface area contributed by atoms with E-state index in [-0.39, 0.29) is 12.3 Å². The van der Waals surface area contributed by atoms with E-state index in [1.807, 2.05) is 13.0 Å². The highest BCUT2D eigenvalue weighted by Crippen LogP contribution is 2.46. The van der Waals surface area contributed by atoms with E-state index in [2.05, 4.69) is 34.6 Å². The average molecular weight is 336 g/mol. The van der Waals surface area contributed by atoms with Gasteiger partial charge in [-0.25, -0.2) is 4.98 Å². The number of oxazole rings is 1. The molecule has 2 aromatic heterocycles. The topological polar surface area (TPSA) is 68.3 Å². The van der Waals surface area contributed by atoms with Crippen LogP contribution in [0.2, 0.25) is 0 Å². The van der Waals surface area contributed by atoms with Crippen LogP contribution in [0.3, 0.4) is 0 Å². The summed E-state index contributed by atoms with van der Waals surface area (Å²) in [5, 5.41) is 3.02. The van der Waals surface area contributed by atoms with Crippen LogP contribution in [0.25, 0.3) is 11.7 Å². The molecule has 0 spiro atoms. The average Bonchev–Trinajstić information content (AvgIpc) is 3.00. The van der Waals surface area contributed by atoms with Crippen molar-refractivity contribution in [3.8, 4) is 11.7 Å². The van der Waals surface area contributed by atoms with E-state index in [1.54, 1.807) is 18.4 Å². The highest BCUT2D eigenvalue weighted by molar-refractivity contribution is 5.78. The lowest BCUT2D eigenvalue weighted by atomic mass is 10.1. The van der Waals surface area contributed by atoms with Gasteiger partial charge in [-0.2, -0.15) is 0 Å². The molecular weight excluding hydrogens is 316 g/mol. The number of carbonyl (C=O) groups is 1. The van der Waals surface area contributed by atoms with Gasteiger partial charge < -0.3 is 14.2 Å². The van der Waals surface area contributed by atoms with Crippen LogP contribution in [0.4, 0.5) is 0 Å². The molecular formula is C20H20N2O3. The number of aromatic nitrogens is 1. The minimum absolute atomic E-state index is 0.0268. The van der Waals surface area contributed by atoms with Crippen molar-refractivity contribution in [3.05, 3.63) is 65.7 Å². The van der Waals surface area contributed by atoms with Gasteiger partial charge in [-0.3, -0.25) is 4.79 Å². The molecule has 0 radical (unpaired) electrons. The molecule has 1 N–H and O–H groups in total. The highest BCUT2D eigenvalue weighted by atomic mass is 16.4. The normalized spacial score (nSPS) is 18.9. The first kappa shape index (κ1) is 15.7. The van der Waals surface area contributed by atoms with Crippen molar-refractivity contribution >= 4 is 5.91 Å². The number of hydrogen-bond donors (Lipinski definition) is 1. The van der Waals surface area contributed by atoms with Crippen molar-refractivity contribution in [2.24, 2.45) is 5.92 Å². The summed E-state index contributed by atoms with van der Waals surface area (Å²) in [6, 6.07) is 14.0. The SMILES string of the molecule is Cc1oc(-c2ccco2)nc1CC(=O)NC[C@H]1C[C@@H]1c1ccccc1. The summed E-state index contributed by atoms with van der Waals surface area (Å²) in [5.74, 6) is 2.70. The van der Waals surface area contributed by atoms with Crippen LogP contribution in [0.1, 0.15) is 29.4 Å². The van der Waals surface area contributed by atoms with Crippen molar-refractivity contribution in [1.29, 1.82) is 0 Å². The number of aryl methyl sites for hydroxylation is 1. The Labute approximate surface area is 146 Å². The van der Waals surface area contributed by atoms with E-state index < -0.39 is 0 Å². The summed E-state index contributed by atoms with van der Waals surface area (Å²) >= 11 is 0. The first-order valence-corrected chi connectivity index (χ1v) is 8.52. The molecule has 1 aliphatic rings. The van der Waals surface area contributed by atoms with Gasteiger partial charge in [0.25, 0.3) is 5.89 Å². The van der Waals surface area contributed by atoms with Crippen LogP contribution in [0.5, 0.6) is 0 Å². The molecule has 1 amide bonds. The number of nitrogens with zero attached hydrogens (tertiary/aromatic N) is 1. The second kappa shape index (κ2) is 6.59. The number of furan rings is 1. The van der Waals surface area contributed by atoms with Crippen LogP contribution in [-0.2, 0) is 11.2 Å². The molecule has 1 saturated carbocycles. The fourth-order valence-corrected chi connectivity index (χ4v) is 3.14. The maximum Gasteiger partial charge on any atom is 0.263 e. The van der Waals surface area contributed by atoms with Gasteiger partial charge in [0.05, 0.1) is 18.4 Å². The lowest BCUT2D eigenvalue weighted by Gasteiger charge is -2.04. The zero-order chi connectivity index (χ0) is 17.2. The van der Waals surface area contributed by atoms with Crippen molar-refractivity contribution in [2.75, 3.05) is 6.54 Å². The van der Waals surface area contributed by atoms with E-state index in [0.717, 1.165) is 6.42 Å².